The molecule has 2 rings (SSSR count). The summed E-state index contributed by atoms with van der Waals surface area (Å²) in [6.07, 6.45) is 3.84. The van der Waals surface area contributed by atoms with Gasteiger partial charge in [0.2, 0.25) is 0 Å². The van der Waals surface area contributed by atoms with Crippen molar-refractivity contribution in [3.63, 3.8) is 0 Å². The summed E-state index contributed by atoms with van der Waals surface area (Å²) in [5.41, 5.74) is 7.12. The summed E-state index contributed by atoms with van der Waals surface area (Å²) >= 11 is 5.24. The molecule has 0 bridgehead atoms. The maximum absolute atomic E-state index is 5.89. The second kappa shape index (κ2) is 5.99. The van der Waals surface area contributed by atoms with Gasteiger partial charge >= 0.3 is 0 Å². The summed E-state index contributed by atoms with van der Waals surface area (Å²) in [5, 5.41) is 2.11. The maximum Gasteiger partial charge on any atom is 0.0951 e. The summed E-state index contributed by atoms with van der Waals surface area (Å²) in [5.74, 6) is 0.899. The van der Waals surface area contributed by atoms with E-state index in [4.69, 9.17) is 5.73 Å². The number of nitrogens with two attached hydrogens (primary N) is 1. The van der Waals surface area contributed by atoms with Crippen molar-refractivity contribution in [3.05, 3.63) is 39.0 Å². The first-order valence-electron chi connectivity index (χ1n) is 6.04. The normalized spacial score (nSPS) is 13.2. The van der Waals surface area contributed by atoms with Gasteiger partial charge < -0.3 is 10.3 Å². The molecule has 2 aromatic heterocycles. The van der Waals surface area contributed by atoms with Gasteiger partial charge in [0.1, 0.15) is 0 Å². The van der Waals surface area contributed by atoms with Crippen LogP contribution < -0.4 is 5.73 Å². The molecule has 98 valence electrons. The largest absolute Gasteiger partial charge is 0.330 e. The Morgan fingerprint density at radius 2 is 2.28 bits per heavy atom. The summed E-state index contributed by atoms with van der Waals surface area (Å²) in [6.45, 7) is 5.94. The van der Waals surface area contributed by atoms with E-state index < -0.39 is 0 Å². The number of hydrogen-bond acceptors (Lipinski definition) is 3. The van der Waals surface area contributed by atoms with Crippen LogP contribution in [-0.4, -0.2) is 16.1 Å². The number of nitrogens with zero attached hydrogens (tertiary/aromatic N) is 2. The van der Waals surface area contributed by atoms with Crippen molar-refractivity contribution in [1.29, 1.82) is 0 Å². The zero-order chi connectivity index (χ0) is 13.1. The highest BCUT2D eigenvalue weighted by molar-refractivity contribution is 9.10. The van der Waals surface area contributed by atoms with Crippen molar-refractivity contribution in [2.75, 3.05) is 6.54 Å². The summed E-state index contributed by atoms with van der Waals surface area (Å²) < 4.78 is 3.35. The molecule has 2 N–H and O–H groups in total. The van der Waals surface area contributed by atoms with Gasteiger partial charge in [0.15, 0.2) is 0 Å². The van der Waals surface area contributed by atoms with E-state index in [1.165, 1.54) is 10.6 Å². The molecule has 0 spiro atoms. The summed E-state index contributed by atoms with van der Waals surface area (Å²) in [6, 6.07) is 2.15. The van der Waals surface area contributed by atoms with E-state index in [9.17, 15) is 0 Å². The molecule has 0 amide bonds. The molecule has 0 saturated carbocycles. The first-order chi connectivity index (χ1) is 8.61. The third-order valence-corrected chi connectivity index (χ3v) is 4.81. The van der Waals surface area contributed by atoms with E-state index in [0.29, 0.717) is 18.4 Å². The van der Waals surface area contributed by atoms with Crippen LogP contribution in [0, 0.1) is 5.92 Å². The fourth-order valence-electron chi connectivity index (χ4n) is 2.11. The van der Waals surface area contributed by atoms with Crippen LogP contribution in [0.25, 0.3) is 0 Å². The average Bonchev–Trinajstić information content (AvgIpc) is 2.90. The van der Waals surface area contributed by atoms with Gasteiger partial charge in [-0.3, -0.25) is 0 Å². The van der Waals surface area contributed by atoms with E-state index in [2.05, 4.69) is 50.8 Å². The highest BCUT2D eigenvalue weighted by Crippen LogP contribution is 2.25. The molecule has 18 heavy (non-hydrogen) atoms. The Balaban J connectivity index is 2.22. The van der Waals surface area contributed by atoms with E-state index in [-0.39, 0.29) is 0 Å². The summed E-state index contributed by atoms with van der Waals surface area (Å²) in [4.78, 5) is 5.60. The maximum atomic E-state index is 5.89. The Labute approximate surface area is 120 Å². The quantitative estimate of drug-likeness (QED) is 0.913. The van der Waals surface area contributed by atoms with Gasteiger partial charge in [-0.15, -0.1) is 11.3 Å². The molecule has 2 heterocycles. The van der Waals surface area contributed by atoms with Gasteiger partial charge in [-0.2, -0.15) is 0 Å². The van der Waals surface area contributed by atoms with Crippen molar-refractivity contribution in [2.24, 2.45) is 11.7 Å². The molecule has 0 aliphatic rings. The van der Waals surface area contributed by atoms with Crippen LogP contribution in [0.3, 0.4) is 0 Å². The number of thiophene rings is 1. The van der Waals surface area contributed by atoms with Gasteiger partial charge in [-0.1, -0.05) is 13.8 Å². The number of aromatic nitrogens is 2. The average molecular weight is 328 g/mol. The lowest BCUT2D eigenvalue weighted by atomic mass is 9.93. The van der Waals surface area contributed by atoms with Gasteiger partial charge in [0.05, 0.1) is 12.9 Å². The number of hydrogen-bond donors (Lipinski definition) is 1. The fraction of sp³-hybridized carbons (Fsp3) is 0.462. The van der Waals surface area contributed by atoms with Crippen LogP contribution >= 0.6 is 27.3 Å². The van der Waals surface area contributed by atoms with E-state index in [1.54, 1.807) is 11.3 Å². The zero-order valence-electron chi connectivity index (χ0n) is 10.6. The van der Waals surface area contributed by atoms with E-state index >= 15 is 0 Å². The molecule has 2 aromatic rings. The Morgan fingerprint density at radius 1 is 1.50 bits per heavy atom. The standard InChI is InChI=1S/C13H18BrN3S/c1-9(2)12(4-15)13-5-16-8-17(13)6-11-3-10(14)7-18-11/h3,5,7-9,12H,4,6,15H2,1-2H3. The first-order valence-corrected chi connectivity index (χ1v) is 7.72. The lowest BCUT2D eigenvalue weighted by Gasteiger charge is -2.20. The van der Waals surface area contributed by atoms with Gasteiger partial charge in [0, 0.05) is 39.1 Å². The Bertz CT molecular complexity index is 504. The molecule has 5 heteroatoms. The van der Waals surface area contributed by atoms with Gasteiger partial charge in [-0.25, -0.2) is 4.98 Å². The van der Waals surface area contributed by atoms with Crippen LogP contribution in [0.5, 0.6) is 0 Å². The molecule has 0 radical (unpaired) electrons. The molecule has 0 aliphatic carbocycles. The van der Waals surface area contributed by atoms with Crippen LogP contribution in [-0.2, 0) is 6.54 Å². The molecular weight excluding hydrogens is 310 g/mol. The second-order valence-corrected chi connectivity index (χ2v) is 6.68. The lowest BCUT2D eigenvalue weighted by Crippen LogP contribution is -2.21. The van der Waals surface area contributed by atoms with Crippen molar-refractivity contribution in [2.45, 2.75) is 26.3 Å². The molecule has 0 fully saturated rings. The molecule has 0 aromatic carbocycles. The minimum absolute atomic E-state index is 0.371. The molecule has 1 atom stereocenters. The molecule has 0 aliphatic heterocycles. The molecular formula is C13H18BrN3S. The van der Waals surface area contributed by atoms with E-state index in [0.717, 1.165) is 11.0 Å². The molecule has 1 unspecified atom stereocenters. The van der Waals surface area contributed by atoms with Crippen LogP contribution in [0.1, 0.15) is 30.3 Å². The van der Waals surface area contributed by atoms with Gasteiger partial charge in [0.25, 0.3) is 0 Å². The summed E-state index contributed by atoms with van der Waals surface area (Å²) in [7, 11) is 0. The molecule has 3 nitrogen and oxygen atoms in total. The number of rotatable bonds is 5. The second-order valence-electron chi connectivity index (χ2n) is 4.76. The van der Waals surface area contributed by atoms with Crippen LogP contribution in [0.2, 0.25) is 0 Å². The minimum atomic E-state index is 0.371. The highest BCUT2D eigenvalue weighted by atomic mass is 79.9. The Morgan fingerprint density at radius 3 is 2.83 bits per heavy atom. The van der Waals surface area contributed by atoms with Crippen molar-refractivity contribution in [3.8, 4) is 0 Å². The van der Waals surface area contributed by atoms with Crippen molar-refractivity contribution in [1.82, 2.24) is 9.55 Å². The highest BCUT2D eigenvalue weighted by Gasteiger charge is 2.18. The Kier molecular flexibility index (Phi) is 4.59. The predicted octanol–water partition coefficient (Wildman–Crippen LogP) is 3.45. The monoisotopic (exact) mass is 327 g/mol. The van der Waals surface area contributed by atoms with Crippen molar-refractivity contribution < 1.29 is 0 Å². The zero-order valence-corrected chi connectivity index (χ0v) is 13.0. The van der Waals surface area contributed by atoms with Crippen molar-refractivity contribution >= 4 is 27.3 Å². The fourth-order valence-corrected chi connectivity index (χ4v) is 3.56. The third kappa shape index (κ3) is 3.02. The van der Waals surface area contributed by atoms with Crippen LogP contribution in [0.4, 0.5) is 0 Å². The van der Waals surface area contributed by atoms with E-state index in [1.807, 2.05) is 12.5 Å². The smallest absolute Gasteiger partial charge is 0.0951 e. The molecule has 0 saturated heterocycles. The van der Waals surface area contributed by atoms with Crippen LogP contribution in [0.15, 0.2) is 28.4 Å². The number of imidazole rings is 1. The SMILES string of the molecule is CC(C)C(CN)c1cncn1Cc1cc(Br)cs1. The topological polar surface area (TPSA) is 43.8 Å². The van der Waals surface area contributed by atoms with Gasteiger partial charge in [-0.05, 0) is 27.9 Å². The third-order valence-electron chi connectivity index (χ3n) is 3.13. The lowest BCUT2D eigenvalue weighted by molar-refractivity contribution is 0.478. The Hall–Kier alpha value is -0.650. The predicted molar refractivity (Wildman–Crippen MR) is 80.0 cm³/mol. The first kappa shape index (κ1) is 13.8. The minimum Gasteiger partial charge on any atom is -0.330 e. The number of halogens is 1.